The second-order valence-corrected chi connectivity index (χ2v) is 9.82. The quantitative estimate of drug-likeness (QED) is 0.289. The summed E-state index contributed by atoms with van der Waals surface area (Å²) < 4.78 is 58.0. The molecule has 0 radical (unpaired) electrons. The minimum atomic E-state index is -3.91. The van der Waals surface area contributed by atoms with Gasteiger partial charge in [-0.1, -0.05) is 18.2 Å². The number of hydrogen-bond acceptors (Lipinski definition) is 9. The predicted molar refractivity (Wildman–Crippen MR) is 143 cm³/mol. The summed E-state index contributed by atoms with van der Waals surface area (Å²) in [5.74, 6) is 0.430. The molecule has 3 aromatic carbocycles. The molecule has 0 saturated heterocycles. The number of ether oxygens (including phenoxy) is 3. The number of para-hydroxylation sites is 1. The molecule has 2 N–H and O–H groups in total. The van der Waals surface area contributed by atoms with Crippen molar-refractivity contribution in [3.05, 3.63) is 78.7 Å². The summed E-state index contributed by atoms with van der Waals surface area (Å²) in [6, 6.07) is 18.2. The molecule has 1 heterocycles. The number of hydrogen-bond donors (Lipinski definition) is 2. The third kappa shape index (κ3) is 5.54. The van der Waals surface area contributed by atoms with E-state index < -0.39 is 15.8 Å². The van der Waals surface area contributed by atoms with Crippen LogP contribution in [0.2, 0.25) is 0 Å². The molecule has 1 aromatic heterocycles. The van der Waals surface area contributed by atoms with Crippen LogP contribution in [0.25, 0.3) is 0 Å². The van der Waals surface area contributed by atoms with Crippen molar-refractivity contribution in [3.63, 3.8) is 0 Å². The summed E-state index contributed by atoms with van der Waals surface area (Å²) in [7, 11) is 1.95. The van der Waals surface area contributed by atoms with Gasteiger partial charge in [-0.15, -0.1) is 0 Å². The second-order valence-electron chi connectivity index (χ2n) is 7.88. The van der Waals surface area contributed by atoms with Crippen molar-refractivity contribution >= 4 is 38.9 Å². The van der Waals surface area contributed by atoms with Crippen LogP contribution in [0.5, 0.6) is 17.2 Å². The minimum Gasteiger partial charge on any atom is -0.495 e. The highest BCUT2D eigenvalue weighted by Gasteiger charge is 2.25. The number of rotatable bonds is 10. The highest BCUT2D eigenvalue weighted by Crippen LogP contribution is 2.33. The Labute approximate surface area is 220 Å². The van der Waals surface area contributed by atoms with Crippen molar-refractivity contribution in [2.45, 2.75) is 4.90 Å². The molecule has 0 spiro atoms. The molecular weight excluding hydrogens is 513 g/mol. The van der Waals surface area contributed by atoms with E-state index in [4.69, 9.17) is 14.2 Å². The van der Waals surface area contributed by atoms with E-state index in [0.717, 1.165) is 6.20 Å². The Bertz CT molecular complexity index is 1540. The fourth-order valence-corrected chi connectivity index (χ4v) is 4.91. The first kappa shape index (κ1) is 26.5. The second kappa shape index (κ2) is 11.2. The van der Waals surface area contributed by atoms with Gasteiger partial charge in [0.15, 0.2) is 23.1 Å². The summed E-state index contributed by atoms with van der Waals surface area (Å²) in [5.41, 5.74) is 1.46. The standard InChI is InChI=1S/C26H26FN5O5S/c1-32(19-8-6-5-7-9-19)38(33,34)24-13-11-18(15-23(24)37-4)30-26-28-16-20(27)25(31-26)29-17-10-12-21(35-2)22(14-17)36-3/h5-16H,1-4H3,(H2,28,29,30,31). The van der Waals surface area contributed by atoms with Gasteiger partial charge in [0.1, 0.15) is 10.6 Å². The van der Waals surface area contributed by atoms with Crippen LogP contribution in [0.3, 0.4) is 0 Å². The first-order chi connectivity index (χ1) is 18.3. The number of benzene rings is 3. The van der Waals surface area contributed by atoms with E-state index in [9.17, 15) is 12.8 Å². The SMILES string of the molecule is COc1ccc(Nc2nc(Nc3ccc(S(=O)(=O)N(C)c4ccccc4)c(OC)c3)ncc2F)cc1OC. The fourth-order valence-electron chi connectivity index (χ4n) is 3.58. The van der Waals surface area contributed by atoms with Crippen LogP contribution in [0.15, 0.2) is 77.8 Å². The number of sulfonamides is 1. The Morgan fingerprint density at radius 3 is 2.13 bits per heavy atom. The van der Waals surface area contributed by atoms with E-state index in [1.807, 2.05) is 0 Å². The third-order valence-corrected chi connectivity index (χ3v) is 7.39. The molecule has 38 heavy (non-hydrogen) atoms. The number of anilines is 5. The highest BCUT2D eigenvalue weighted by atomic mass is 32.2. The third-order valence-electron chi connectivity index (χ3n) is 5.57. The maximum absolute atomic E-state index is 14.5. The number of nitrogens with zero attached hydrogens (tertiary/aromatic N) is 3. The van der Waals surface area contributed by atoms with Gasteiger partial charge < -0.3 is 24.8 Å². The van der Waals surface area contributed by atoms with Crippen LogP contribution >= 0.6 is 0 Å². The first-order valence-electron chi connectivity index (χ1n) is 11.3. The Hall–Kier alpha value is -4.58. The maximum Gasteiger partial charge on any atom is 0.267 e. The molecule has 0 atom stereocenters. The number of methoxy groups -OCH3 is 3. The van der Waals surface area contributed by atoms with Gasteiger partial charge in [-0.25, -0.2) is 17.8 Å². The van der Waals surface area contributed by atoms with Gasteiger partial charge in [0.2, 0.25) is 5.95 Å². The van der Waals surface area contributed by atoms with Crippen LogP contribution in [0.1, 0.15) is 0 Å². The molecule has 0 saturated carbocycles. The van der Waals surface area contributed by atoms with Gasteiger partial charge in [0.25, 0.3) is 10.0 Å². The highest BCUT2D eigenvalue weighted by molar-refractivity contribution is 7.92. The lowest BCUT2D eigenvalue weighted by atomic mass is 10.2. The number of halogens is 1. The van der Waals surface area contributed by atoms with Gasteiger partial charge in [-0.05, 0) is 36.4 Å². The molecule has 10 nitrogen and oxygen atoms in total. The largest absolute Gasteiger partial charge is 0.495 e. The van der Waals surface area contributed by atoms with Crippen LogP contribution < -0.4 is 29.1 Å². The summed E-state index contributed by atoms with van der Waals surface area (Å²) in [6.45, 7) is 0. The molecule has 12 heteroatoms. The molecule has 0 aliphatic rings. The maximum atomic E-state index is 14.5. The summed E-state index contributed by atoms with van der Waals surface area (Å²) in [6.07, 6.45) is 1.02. The monoisotopic (exact) mass is 539 g/mol. The average Bonchev–Trinajstić information content (AvgIpc) is 2.94. The van der Waals surface area contributed by atoms with Gasteiger partial charge in [-0.2, -0.15) is 4.98 Å². The molecule has 0 bridgehead atoms. The number of nitrogens with one attached hydrogen (secondary N) is 2. The van der Waals surface area contributed by atoms with E-state index in [1.165, 1.54) is 44.8 Å². The minimum absolute atomic E-state index is 0.0206. The Morgan fingerprint density at radius 2 is 1.45 bits per heavy atom. The number of aromatic nitrogens is 2. The Morgan fingerprint density at radius 1 is 0.816 bits per heavy atom. The van der Waals surface area contributed by atoms with Crippen molar-refractivity contribution in [2.24, 2.45) is 0 Å². The van der Waals surface area contributed by atoms with Gasteiger partial charge in [0, 0.05) is 30.6 Å². The van der Waals surface area contributed by atoms with Crippen molar-refractivity contribution in [1.82, 2.24) is 9.97 Å². The smallest absolute Gasteiger partial charge is 0.267 e. The predicted octanol–water partition coefficient (Wildman–Crippen LogP) is 4.95. The molecular formula is C26H26FN5O5S. The van der Waals surface area contributed by atoms with E-state index in [-0.39, 0.29) is 22.4 Å². The summed E-state index contributed by atoms with van der Waals surface area (Å²) >= 11 is 0. The first-order valence-corrected chi connectivity index (χ1v) is 12.7. The molecule has 0 unspecified atom stereocenters. The molecule has 0 amide bonds. The molecule has 4 rings (SSSR count). The van der Waals surface area contributed by atoms with Crippen LogP contribution in [0.4, 0.5) is 33.2 Å². The van der Waals surface area contributed by atoms with E-state index in [0.29, 0.717) is 28.6 Å². The van der Waals surface area contributed by atoms with Crippen molar-refractivity contribution in [1.29, 1.82) is 0 Å². The summed E-state index contributed by atoms with van der Waals surface area (Å²) in [4.78, 5) is 8.17. The van der Waals surface area contributed by atoms with Gasteiger partial charge in [0.05, 0.1) is 33.2 Å². The summed E-state index contributed by atoms with van der Waals surface area (Å²) in [5, 5.41) is 5.84. The van der Waals surface area contributed by atoms with Crippen LogP contribution in [-0.4, -0.2) is 46.8 Å². The van der Waals surface area contributed by atoms with Crippen LogP contribution in [0, 0.1) is 5.82 Å². The Balaban J connectivity index is 1.58. The zero-order chi connectivity index (χ0) is 27.3. The normalized spacial score (nSPS) is 11.0. The van der Waals surface area contributed by atoms with Crippen molar-refractivity contribution in [3.8, 4) is 17.2 Å². The van der Waals surface area contributed by atoms with Crippen molar-refractivity contribution in [2.75, 3.05) is 43.3 Å². The lowest BCUT2D eigenvalue weighted by Crippen LogP contribution is -2.26. The molecule has 4 aromatic rings. The lowest BCUT2D eigenvalue weighted by molar-refractivity contribution is 0.355. The van der Waals surface area contributed by atoms with Crippen LogP contribution in [-0.2, 0) is 10.0 Å². The van der Waals surface area contributed by atoms with E-state index in [2.05, 4.69) is 20.6 Å². The average molecular weight is 540 g/mol. The lowest BCUT2D eigenvalue weighted by Gasteiger charge is -2.21. The van der Waals surface area contributed by atoms with Gasteiger partial charge >= 0.3 is 0 Å². The molecule has 0 fully saturated rings. The van der Waals surface area contributed by atoms with E-state index in [1.54, 1.807) is 54.6 Å². The van der Waals surface area contributed by atoms with Gasteiger partial charge in [-0.3, -0.25) is 4.31 Å². The zero-order valence-electron chi connectivity index (χ0n) is 21.1. The zero-order valence-corrected chi connectivity index (χ0v) is 21.9. The topological polar surface area (TPSA) is 115 Å². The Kier molecular flexibility index (Phi) is 7.82. The molecule has 198 valence electrons. The molecule has 0 aliphatic carbocycles. The van der Waals surface area contributed by atoms with Crippen molar-refractivity contribution < 1.29 is 27.0 Å². The fraction of sp³-hybridized carbons (Fsp3) is 0.154. The molecule has 0 aliphatic heterocycles. The van der Waals surface area contributed by atoms with E-state index >= 15 is 0 Å².